The lowest BCUT2D eigenvalue weighted by Crippen LogP contribution is -2.45. The molecule has 1 aliphatic rings. The first-order valence-corrected chi connectivity index (χ1v) is 8.96. The Morgan fingerprint density at radius 2 is 2.09 bits per heavy atom. The van der Waals surface area contributed by atoms with E-state index < -0.39 is 0 Å². The highest BCUT2D eigenvalue weighted by Crippen LogP contribution is 2.20. The Bertz CT molecular complexity index is 475. The second-order valence-electron chi connectivity index (χ2n) is 6.42. The Kier molecular flexibility index (Phi) is 6.64. The summed E-state index contributed by atoms with van der Waals surface area (Å²) in [6.07, 6.45) is 3.27. The van der Waals surface area contributed by atoms with Crippen LogP contribution < -0.4 is 10.6 Å². The Hall–Kier alpha value is -1.14. The van der Waals surface area contributed by atoms with E-state index in [1.807, 2.05) is 13.2 Å². The van der Waals surface area contributed by atoms with Crippen LogP contribution >= 0.6 is 11.3 Å². The molecule has 6 heteroatoms. The van der Waals surface area contributed by atoms with Crippen molar-refractivity contribution in [3.8, 4) is 0 Å². The quantitative estimate of drug-likeness (QED) is 0.643. The third kappa shape index (κ3) is 5.57. The Balaban J connectivity index is 1.68. The largest absolute Gasteiger partial charge is 0.355 e. The minimum Gasteiger partial charge on any atom is -0.355 e. The van der Waals surface area contributed by atoms with Gasteiger partial charge in [-0.15, -0.1) is 11.3 Å². The normalized spacial score (nSPS) is 23.5. The number of nitrogens with zero attached hydrogens (tertiary/aromatic N) is 3. The zero-order chi connectivity index (χ0) is 15.9. The summed E-state index contributed by atoms with van der Waals surface area (Å²) in [6, 6.07) is 0. The van der Waals surface area contributed by atoms with Gasteiger partial charge in [0, 0.05) is 44.3 Å². The van der Waals surface area contributed by atoms with E-state index in [0.717, 1.165) is 42.4 Å². The molecule has 2 heterocycles. The Morgan fingerprint density at radius 3 is 2.68 bits per heavy atom. The number of hydrogen-bond acceptors (Lipinski definition) is 4. The van der Waals surface area contributed by atoms with E-state index >= 15 is 0 Å². The van der Waals surface area contributed by atoms with Crippen LogP contribution in [0.2, 0.25) is 0 Å². The molecule has 0 bridgehead atoms. The maximum Gasteiger partial charge on any atom is 0.191 e. The van der Waals surface area contributed by atoms with E-state index in [2.05, 4.69) is 46.3 Å². The molecule has 0 saturated carbocycles. The second-order valence-corrected chi connectivity index (χ2v) is 7.74. The van der Waals surface area contributed by atoms with Crippen LogP contribution in [0.5, 0.6) is 0 Å². The number of aryl methyl sites for hydroxylation is 1. The number of nitrogens with one attached hydrogen (secondary N) is 2. The number of aromatic nitrogens is 1. The summed E-state index contributed by atoms with van der Waals surface area (Å²) in [5.74, 6) is 2.48. The first-order valence-electron chi connectivity index (χ1n) is 8.15. The van der Waals surface area contributed by atoms with Gasteiger partial charge in [0.05, 0.1) is 6.54 Å². The van der Waals surface area contributed by atoms with Crippen molar-refractivity contribution >= 4 is 17.3 Å². The van der Waals surface area contributed by atoms with Crippen LogP contribution in [-0.4, -0.2) is 49.1 Å². The van der Waals surface area contributed by atoms with Crippen molar-refractivity contribution in [1.82, 2.24) is 20.5 Å². The third-order valence-corrected chi connectivity index (χ3v) is 4.88. The fraction of sp³-hybridized carbons (Fsp3) is 0.750. The lowest BCUT2D eigenvalue weighted by Gasteiger charge is -2.35. The predicted octanol–water partition coefficient (Wildman–Crippen LogP) is 2.09. The molecule has 1 aromatic rings. The van der Waals surface area contributed by atoms with Crippen LogP contribution in [0, 0.1) is 18.8 Å². The summed E-state index contributed by atoms with van der Waals surface area (Å²) >= 11 is 1.72. The highest BCUT2D eigenvalue weighted by atomic mass is 32.1. The molecule has 22 heavy (non-hydrogen) atoms. The first-order chi connectivity index (χ1) is 10.6. The molecule has 1 aromatic heterocycles. The van der Waals surface area contributed by atoms with E-state index in [-0.39, 0.29) is 0 Å². The van der Waals surface area contributed by atoms with Crippen molar-refractivity contribution in [3.05, 3.63) is 16.1 Å². The van der Waals surface area contributed by atoms with Crippen LogP contribution in [0.15, 0.2) is 11.2 Å². The van der Waals surface area contributed by atoms with Crippen LogP contribution in [0.3, 0.4) is 0 Å². The molecule has 2 atom stereocenters. The first kappa shape index (κ1) is 17.2. The number of aliphatic imine (C=N–C) groups is 1. The van der Waals surface area contributed by atoms with Gasteiger partial charge in [0.25, 0.3) is 0 Å². The molecule has 1 fully saturated rings. The predicted molar refractivity (Wildman–Crippen MR) is 94.4 cm³/mol. The fourth-order valence-corrected chi connectivity index (χ4v) is 3.90. The molecular formula is C16H29N5S. The lowest BCUT2D eigenvalue weighted by atomic mass is 9.92. The monoisotopic (exact) mass is 323 g/mol. The third-order valence-electron chi connectivity index (χ3n) is 3.96. The van der Waals surface area contributed by atoms with Crippen LogP contribution in [0.4, 0.5) is 0 Å². The van der Waals surface area contributed by atoms with Gasteiger partial charge in [-0.3, -0.25) is 4.99 Å². The highest BCUT2D eigenvalue weighted by Gasteiger charge is 2.21. The van der Waals surface area contributed by atoms with Gasteiger partial charge in [0.15, 0.2) is 5.96 Å². The maximum atomic E-state index is 4.36. The molecule has 1 aliphatic heterocycles. The Morgan fingerprint density at radius 1 is 1.36 bits per heavy atom. The SMILES string of the molecule is CN=C(NCCN1CC(C)CC(C)C1)NCc1ncc(C)s1. The molecule has 0 aliphatic carbocycles. The van der Waals surface area contributed by atoms with Crippen LogP contribution in [-0.2, 0) is 6.54 Å². The van der Waals surface area contributed by atoms with E-state index in [9.17, 15) is 0 Å². The molecule has 0 amide bonds. The van der Waals surface area contributed by atoms with Gasteiger partial charge in [-0.1, -0.05) is 13.8 Å². The molecule has 2 unspecified atom stereocenters. The summed E-state index contributed by atoms with van der Waals surface area (Å²) in [6.45, 7) is 12.0. The summed E-state index contributed by atoms with van der Waals surface area (Å²) in [7, 11) is 1.81. The van der Waals surface area contributed by atoms with E-state index in [0.29, 0.717) is 0 Å². The number of thiazole rings is 1. The number of hydrogen-bond donors (Lipinski definition) is 2. The van der Waals surface area contributed by atoms with Crippen molar-refractivity contribution < 1.29 is 0 Å². The van der Waals surface area contributed by atoms with E-state index in [1.54, 1.807) is 11.3 Å². The summed E-state index contributed by atoms with van der Waals surface area (Å²) in [5.41, 5.74) is 0. The van der Waals surface area contributed by atoms with E-state index in [1.165, 1.54) is 24.4 Å². The van der Waals surface area contributed by atoms with Gasteiger partial charge in [0.2, 0.25) is 0 Å². The number of piperidine rings is 1. The van der Waals surface area contributed by atoms with Crippen LogP contribution in [0.1, 0.15) is 30.2 Å². The Labute approximate surface area is 138 Å². The van der Waals surface area contributed by atoms with Crippen molar-refractivity contribution in [1.29, 1.82) is 0 Å². The number of rotatable bonds is 5. The van der Waals surface area contributed by atoms with Gasteiger partial charge in [-0.2, -0.15) is 0 Å². The van der Waals surface area contributed by atoms with Gasteiger partial charge in [0.1, 0.15) is 5.01 Å². The molecule has 5 nitrogen and oxygen atoms in total. The minimum absolute atomic E-state index is 0.732. The van der Waals surface area contributed by atoms with Gasteiger partial charge >= 0.3 is 0 Å². The number of likely N-dealkylation sites (tertiary alicyclic amines) is 1. The van der Waals surface area contributed by atoms with Gasteiger partial charge in [-0.25, -0.2) is 4.98 Å². The average Bonchev–Trinajstić information content (AvgIpc) is 2.87. The zero-order valence-electron chi connectivity index (χ0n) is 14.2. The van der Waals surface area contributed by atoms with Gasteiger partial charge in [-0.05, 0) is 25.2 Å². The smallest absolute Gasteiger partial charge is 0.191 e. The molecule has 0 aromatic carbocycles. The molecule has 2 N–H and O–H groups in total. The molecule has 0 spiro atoms. The highest BCUT2D eigenvalue weighted by molar-refractivity contribution is 7.11. The summed E-state index contributed by atoms with van der Waals surface area (Å²) < 4.78 is 0. The van der Waals surface area contributed by atoms with Crippen molar-refractivity contribution in [2.45, 2.75) is 33.7 Å². The standard InChI is InChI=1S/C16H29N5S/c1-12-7-13(2)11-21(10-12)6-5-18-16(17-4)20-9-15-19-8-14(3)22-15/h8,12-13H,5-7,9-11H2,1-4H3,(H2,17,18,20). The lowest BCUT2D eigenvalue weighted by molar-refractivity contribution is 0.143. The van der Waals surface area contributed by atoms with Crippen molar-refractivity contribution in [2.75, 3.05) is 33.2 Å². The summed E-state index contributed by atoms with van der Waals surface area (Å²) in [4.78, 5) is 12.4. The molecule has 0 radical (unpaired) electrons. The van der Waals surface area contributed by atoms with E-state index in [4.69, 9.17) is 0 Å². The fourth-order valence-electron chi connectivity index (χ4n) is 3.17. The average molecular weight is 324 g/mol. The van der Waals surface area contributed by atoms with Gasteiger partial charge < -0.3 is 15.5 Å². The second kappa shape index (κ2) is 8.48. The number of guanidine groups is 1. The van der Waals surface area contributed by atoms with Crippen LogP contribution in [0.25, 0.3) is 0 Å². The molecular weight excluding hydrogens is 294 g/mol. The molecule has 2 rings (SSSR count). The minimum atomic E-state index is 0.732. The molecule has 124 valence electrons. The maximum absolute atomic E-state index is 4.36. The molecule has 1 saturated heterocycles. The van der Waals surface area contributed by atoms with Crippen molar-refractivity contribution in [2.24, 2.45) is 16.8 Å². The summed E-state index contributed by atoms with van der Waals surface area (Å²) in [5, 5.41) is 7.82. The topological polar surface area (TPSA) is 52.6 Å². The zero-order valence-corrected chi connectivity index (χ0v) is 15.0. The van der Waals surface area contributed by atoms with Crippen molar-refractivity contribution in [3.63, 3.8) is 0 Å².